The van der Waals surface area contributed by atoms with Crippen molar-refractivity contribution in [2.45, 2.75) is 70.1 Å². The Labute approximate surface area is 279 Å². The van der Waals surface area contributed by atoms with Crippen LogP contribution in [0.1, 0.15) is 72.7 Å². The molecular weight excluding hydrogens is 691 g/mol. The number of fused-ring (bicyclic) bond motifs is 1. The number of hydrogen-bond acceptors (Lipinski definition) is 8. The second kappa shape index (κ2) is 15.0. The van der Waals surface area contributed by atoms with Crippen LogP contribution in [-0.4, -0.2) is 48.4 Å². The number of benzene rings is 2. The fourth-order valence-electron chi connectivity index (χ4n) is 5.40. The number of nitrogens with one attached hydrogen (secondary N) is 1. The largest absolute Gasteiger partial charge is 0.489 e. The molecule has 0 aliphatic carbocycles. The minimum atomic E-state index is -5.12. The average molecular weight is 723 g/mol. The third kappa shape index (κ3) is 9.06. The molecule has 1 aliphatic rings. The summed E-state index contributed by atoms with van der Waals surface area (Å²) in [5, 5.41) is 2.92. The molecule has 0 fully saturated rings. The van der Waals surface area contributed by atoms with E-state index in [0.717, 1.165) is 31.5 Å². The number of carbonyl (C=O) groups is 2. The number of hydrogen-bond donors (Lipinski definition) is 1. The van der Waals surface area contributed by atoms with Crippen LogP contribution >= 0.6 is 0 Å². The van der Waals surface area contributed by atoms with Crippen LogP contribution < -0.4 is 15.0 Å². The van der Waals surface area contributed by atoms with Crippen molar-refractivity contribution in [2.75, 3.05) is 30.5 Å². The summed E-state index contributed by atoms with van der Waals surface area (Å²) in [5.41, 5.74) is -4.60. The molecule has 50 heavy (non-hydrogen) atoms. The van der Waals surface area contributed by atoms with E-state index < -0.39 is 71.3 Å². The number of esters is 1. The van der Waals surface area contributed by atoms with E-state index >= 15 is 0 Å². The van der Waals surface area contributed by atoms with Crippen molar-refractivity contribution < 1.29 is 63.3 Å². The molecule has 0 radical (unpaired) electrons. The first-order valence-corrected chi connectivity index (χ1v) is 15.1. The SMILES string of the molecule is CCOC(=O)N1c2ccc(C(F)(F)F)cc2[C@@H](Nc2ncc(OCCC(=O)OC)c(Cc3cc(C(F)(F)F)cc(C(F)(F)F)c3)n2)C[C@H]1CC. The third-order valence-electron chi connectivity index (χ3n) is 7.74. The smallest absolute Gasteiger partial charge is 0.416 e. The molecule has 1 amide bonds. The number of rotatable bonds is 10. The zero-order chi connectivity index (χ0) is 37.0. The fourth-order valence-corrected chi connectivity index (χ4v) is 5.40. The van der Waals surface area contributed by atoms with Gasteiger partial charge < -0.3 is 19.5 Å². The summed E-state index contributed by atoms with van der Waals surface area (Å²) in [5.74, 6) is -1.11. The molecular formula is C32H31F9N4O5. The summed E-state index contributed by atoms with van der Waals surface area (Å²) in [6.45, 7) is 3.01. The number of alkyl halides is 9. The van der Waals surface area contributed by atoms with E-state index in [1.54, 1.807) is 13.8 Å². The van der Waals surface area contributed by atoms with Gasteiger partial charge in [0, 0.05) is 12.5 Å². The number of methoxy groups -OCH3 is 1. The molecule has 0 unspecified atom stereocenters. The molecule has 0 spiro atoms. The van der Waals surface area contributed by atoms with Gasteiger partial charge in [-0.2, -0.15) is 39.5 Å². The topological polar surface area (TPSA) is 103 Å². The lowest BCUT2D eigenvalue weighted by Gasteiger charge is -2.40. The lowest BCUT2D eigenvalue weighted by atomic mass is 9.89. The highest BCUT2D eigenvalue weighted by Gasteiger charge is 2.40. The van der Waals surface area contributed by atoms with Crippen LogP contribution in [0.4, 0.5) is 55.9 Å². The highest BCUT2D eigenvalue weighted by Crippen LogP contribution is 2.43. The highest BCUT2D eigenvalue weighted by molar-refractivity contribution is 5.90. The van der Waals surface area contributed by atoms with Crippen LogP contribution in [0.2, 0.25) is 0 Å². The van der Waals surface area contributed by atoms with Gasteiger partial charge >= 0.3 is 30.6 Å². The van der Waals surface area contributed by atoms with E-state index in [1.165, 1.54) is 4.90 Å². The second-order valence-electron chi connectivity index (χ2n) is 11.1. The number of anilines is 2. The van der Waals surface area contributed by atoms with Crippen molar-refractivity contribution >= 4 is 23.7 Å². The van der Waals surface area contributed by atoms with Crippen molar-refractivity contribution in [1.29, 1.82) is 0 Å². The van der Waals surface area contributed by atoms with Crippen LogP contribution in [0.3, 0.4) is 0 Å². The summed E-state index contributed by atoms with van der Waals surface area (Å²) in [6.07, 6.45) is -15.2. The highest BCUT2D eigenvalue weighted by atomic mass is 19.4. The zero-order valence-corrected chi connectivity index (χ0v) is 26.7. The number of aromatic nitrogens is 2. The van der Waals surface area contributed by atoms with Gasteiger partial charge in [0.2, 0.25) is 5.95 Å². The molecule has 3 aromatic rings. The van der Waals surface area contributed by atoms with Crippen LogP contribution in [0.5, 0.6) is 5.75 Å². The number of nitrogens with zero attached hydrogens (tertiary/aromatic N) is 3. The monoisotopic (exact) mass is 722 g/mol. The number of carbonyl (C=O) groups excluding carboxylic acids is 2. The van der Waals surface area contributed by atoms with Crippen molar-refractivity contribution in [3.05, 3.63) is 76.1 Å². The van der Waals surface area contributed by atoms with E-state index in [1.807, 2.05) is 0 Å². The van der Waals surface area contributed by atoms with E-state index in [2.05, 4.69) is 20.0 Å². The molecule has 0 saturated carbocycles. The predicted octanol–water partition coefficient (Wildman–Crippen LogP) is 8.36. The minimum absolute atomic E-state index is 0.00439. The normalized spacial score (nSPS) is 16.4. The Hall–Kier alpha value is -4.77. The summed E-state index contributed by atoms with van der Waals surface area (Å²) >= 11 is 0. The first-order chi connectivity index (χ1) is 23.3. The van der Waals surface area contributed by atoms with Gasteiger partial charge in [-0.05, 0) is 67.3 Å². The quantitative estimate of drug-likeness (QED) is 0.165. The van der Waals surface area contributed by atoms with E-state index in [-0.39, 0.29) is 60.8 Å². The van der Waals surface area contributed by atoms with Gasteiger partial charge in [0.05, 0.1) is 67.1 Å². The number of ether oxygens (including phenoxy) is 3. The van der Waals surface area contributed by atoms with Gasteiger partial charge in [-0.25, -0.2) is 14.8 Å². The van der Waals surface area contributed by atoms with Gasteiger partial charge in [0.15, 0.2) is 5.75 Å². The Bertz CT molecular complexity index is 1660. The minimum Gasteiger partial charge on any atom is -0.489 e. The summed E-state index contributed by atoms with van der Waals surface area (Å²) in [4.78, 5) is 34.2. The van der Waals surface area contributed by atoms with Crippen molar-refractivity contribution in [3.8, 4) is 5.75 Å². The zero-order valence-electron chi connectivity index (χ0n) is 26.7. The summed E-state index contributed by atoms with van der Waals surface area (Å²) in [7, 11) is 1.12. The first kappa shape index (κ1) is 38.0. The maximum Gasteiger partial charge on any atom is 0.416 e. The second-order valence-corrected chi connectivity index (χ2v) is 11.1. The van der Waals surface area contributed by atoms with Crippen molar-refractivity contribution in [2.24, 2.45) is 0 Å². The van der Waals surface area contributed by atoms with Gasteiger partial charge in [0.1, 0.15) is 0 Å². The molecule has 1 aliphatic heterocycles. The standard InChI is InChI=1S/C32H31F9N4O5/c1-4-21-15-23(22-14-18(30(33,34)35)6-7-25(22)45(21)29(47)49-5-2)43-28-42-16-26(50-9-8-27(46)48-3)24(44-28)12-17-10-19(31(36,37)38)13-20(11-17)32(39,40)41/h6-7,10-11,13-14,16,21,23H,4-5,8-9,12,15H2,1-3H3,(H,42,43,44)/t21-,23+/m1/s1. The Balaban J connectivity index is 1.79. The maximum atomic E-state index is 13.8. The lowest BCUT2D eigenvalue weighted by Crippen LogP contribution is -2.46. The van der Waals surface area contributed by atoms with Crippen LogP contribution in [-0.2, 0) is 39.2 Å². The first-order valence-electron chi connectivity index (χ1n) is 15.1. The Morgan fingerprint density at radius 1 is 0.920 bits per heavy atom. The Morgan fingerprint density at radius 3 is 2.12 bits per heavy atom. The number of amides is 1. The molecule has 272 valence electrons. The van der Waals surface area contributed by atoms with Gasteiger partial charge in [-0.15, -0.1) is 0 Å². The van der Waals surface area contributed by atoms with Gasteiger partial charge in [-0.3, -0.25) is 9.69 Å². The fraction of sp³-hybridized carbons (Fsp3) is 0.438. The van der Waals surface area contributed by atoms with Crippen LogP contribution in [0.25, 0.3) is 0 Å². The van der Waals surface area contributed by atoms with E-state index in [4.69, 9.17) is 9.47 Å². The van der Waals surface area contributed by atoms with E-state index in [9.17, 15) is 49.1 Å². The molecule has 18 heteroatoms. The average Bonchev–Trinajstić information content (AvgIpc) is 3.03. The third-order valence-corrected chi connectivity index (χ3v) is 7.74. The molecule has 1 aromatic heterocycles. The van der Waals surface area contributed by atoms with Crippen LogP contribution in [0, 0.1) is 0 Å². The van der Waals surface area contributed by atoms with Crippen molar-refractivity contribution in [1.82, 2.24) is 9.97 Å². The molecule has 1 N–H and O–H groups in total. The molecule has 2 heterocycles. The van der Waals surface area contributed by atoms with Crippen LogP contribution in [0.15, 0.2) is 42.6 Å². The predicted molar refractivity (Wildman–Crippen MR) is 159 cm³/mol. The maximum absolute atomic E-state index is 13.8. The molecule has 0 bridgehead atoms. The van der Waals surface area contributed by atoms with E-state index in [0.29, 0.717) is 18.6 Å². The molecule has 2 aromatic carbocycles. The molecule has 2 atom stereocenters. The molecule has 4 rings (SSSR count). The Morgan fingerprint density at radius 2 is 1.56 bits per heavy atom. The van der Waals surface area contributed by atoms with Crippen molar-refractivity contribution in [3.63, 3.8) is 0 Å². The Kier molecular flexibility index (Phi) is 11.4. The van der Waals surface area contributed by atoms with Gasteiger partial charge in [0.25, 0.3) is 0 Å². The molecule has 0 saturated heterocycles. The lowest BCUT2D eigenvalue weighted by molar-refractivity contribution is -0.143. The van der Waals surface area contributed by atoms with Gasteiger partial charge in [-0.1, -0.05) is 6.92 Å². The summed E-state index contributed by atoms with van der Waals surface area (Å²) < 4.78 is 138. The molecule has 9 nitrogen and oxygen atoms in total. The number of halogens is 9. The summed E-state index contributed by atoms with van der Waals surface area (Å²) in [6, 6.07) is 2.32.